The molecule has 1 saturated heterocycles. The predicted molar refractivity (Wildman–Crippen MR) is 117 cm³/mol. The number of nitrogens with one attached hydrogen (secondary N) is 3. The number of hydrogen-bond acceptors (Lipinski definition) is 4. The fraction of sp³-hybridized carbons (Fsp3) is 0.217. The molecule has 32 heavy (non-hydrogen) atoms. The second-order valence-corrected chi connectivity index (χ2v) is 8.43. The summed E-state index contributed by atoms with van der Waals surface area (Å²) in [6, 6.07) is 11.9. The van der Waals surface area contributed by atoms with Crippen molar-refractivity contribution < 1.29 is 19.2 Å². The molecular weight excluding hydrogens is 432 g/mol. The van der Waals surface area contributed by atoms with E-state index >= 15 is 0 Å². The van der Waals surface area contributed by atoms with Crippen LogP contribution in [0.2, 0.25) is 5.02 Å². The molecule has 1 fully saturated rings. The van der Waals surface area contributed by atoms with E-state index in [4.69, 9.17) is 11.6 Å². The molecule has 0 radical (unpaired) electrons. The Morgan fingerprint density at radius 3 is 2.78 bits per heavy atom. The zero-order valence-corrected chi connectivity index (χ0v) is 17.7. The fourth-order valence-corrected chi connectivity index (χ4v) is 4.41. The SMILES string of the molecule is O=C1CCC(N2Cc3cc(CNC(=O)c4cc5ccc(Cl)cc5[nH]4)ccc3C2=O)C(=O)N1. The third kappa shape index (κ3) is 3.62. The van der Waals surface area contributed by atoms with Crippen molar-refractivity contribution in [1.29, 1.82) is 0 Å². The number of carbonyl (C=O) groups excluding carboxylic acids is 4. The predicted octanol–water partition coefficient (Wildman–Crippen LogP) is 2.51. The molecule has 1 unspecified atom stereocenters. The summed E-state index contributed by atoms with van der Waals surface area (Å²) in [6.07, 6.45) is 0.538. The van der Waals surface area contributed by atoms with Gasteiger partial charge >= 0.3 is 0 Å². The quantitative estimate of drug-likeness (QED) is 0.530. The highest BCUT2D eigenvalue weighted by Crippen LogP contribution is 2.28. The van der Waals surface area contributed by atoms with Crippen molar-refractivity contribution in [1.82, 2.24) is 20.5 Å². The smallest absolute Gasteiger partial charge is 0.267 e. The van der Waals surface area contributed by atoms with Gasteiger partial charge < -0.3 is 15.2 Å². The molecule has 0 bridgehead atoms. The lowest BCUT2D eigenvalue weighted by molar-refractivity contribution is -0.136. The summed E-state index contributed by atoms with van der Waals surface area (Å²) in [6.45, 7) is 0.583. The summed E-state index contributed by atoms with van der Waals surface area (Å²) >= 11 is 5.99. The number of benzene rings is 2. The van der Waals surface area contributed by atoms with E-state index in [9.17, 15) is 19.2 Å². The molecule has 3 aromatic rings. The van der Waals surface area contributed by atoms with Crippen molar-refractivity contribution in [3.63, 3.8) is 0 Å². The van der Waals surface area contributed by atoms with Crippen molar-refractivity contribution in [2.24, 2.45) is 0 Å². The van der Waals surface area contributed by atoms with Gasteiger partial charge in [0.05, 0.1) is 0 Å². The molecular formula is C23H19ClN4O4. The minimum atomic E-state index is -0.647. The zero-order chi connectivity index (χ0) is 22.4. The molecule has 0 saturated carbocycles. The van der Waals surface area contributed by atoms with Gasteiger partial charge in [-0.1, -0.05) is 29.8 Å². The van der Waals surface area contributed by atoms with Crippen LogP contribution in [0, 0.1) is 0 Å². The lowest BCUT2D eigenvalue weighted by atomic mass is 10.0. The minimum absolute atomic E-state index is 0.216. The first kappa shape index (κ1) is 20.3. The van der Waals surface area contributed by atoms with E-state index in [2.05, 4.69) is 15.6 Å². The molecule has 4 amide bonds. The van der Waals surface area contributed by atoms with Crippen LogP contribution < -0.4 is 10.6 Å². The molecule has 2 aliphatic heterocycles. The number of aromatic nitrogens is 1. The monoisotopic (exact) mass is 450 g/mol. The molecule has 8 nitrogen and oxygen atoms in total. The van der Waals surface area contributed by atoms with Gasteiger partial charge in [-0.2, -0.15) is 0 Å². The number of carbonyl (C=O) groups is 4. The first-order chi connectivity index (χ1) is 15.4. The van der Waals surface area contributed by atoms with Gasteiger partial charge in [-0.15, -0.1) is 0 Å². The highest BCUT2D eigenvalue weighted by Gasteiger charge is 2.39. The standard InChI is InChI=1S/C23H19ClN4O4/c24-15-3-2-13-8-18(26-17(13)9-15)21(30)25-10-12-1-4-16-14(7-12)11-28(23(16)32)19-5-6-20(29)27-22(19)31/h1-4,7-9,19,26H,5-6,10-11H2,(H,25,30)(H,27,29,31). The normalized spacial score (nSPS) is 18.1. The molecule has 3 N–H and O–H groups in total. The summed E-state index contributed by atoms with van der Waals surface area (Å²) < 4.78 is 0. The number of H-pyrrole nitrogens is 1. The number of piperidine rings is 1. The van der Waals surface area contributed by atoms with Crippen LogP contribution >= 0.6 is 11.6 Å². The number of fused-ring (bicyclic) bond motifs is 2. The van der Waals surface area contributed by atoms with Crippen molar-refractivity contribution in [3.8, 4) is 0 Å². The van der Waals surface area contributed by atoms with Gasteiger partial charge in [0.15, 0.2) is 0 Å². The first-order valence-corrected chi connectivity index (χ1v) is 10.6. The van der Waals surface area contributed by atoms with Crippen molar-refractivity contribution in [2.75, 3.05) is 0 Å². The molecule has 3 heterocycles. The Bertz CT molecular complexity index is 1300. The van der Waals surface area contributed by atoms with Crippen molar-refractivity contribution in [2.45, 2.75) is 32.0 Å². The van der Waals surface area contributed by atoms with Gasteiger partial charge in [-0.05, 0) is 41.8 Å². The van der Waals surface area contributed by atoms with E-state index in [1.807, 2.05) is 12.1 Å². The summed E-state index contributed by atoms with van der Waals surface area (Å²) in [4.78, 5) is 53.5. The number of hydrogen-bond donors (Lipinski definition) is 3. The summed E-state index contributed by atoms with van der Waals surface area (Å²) in [5.74, 6) is -1.22. The van der Waals surface area contributed by atoms with Crippen molar-refractivity contribution >= 4 is 46.1 Å². The van der Waals surface area contributed by atoms with Crippen LogP contribution in [0.1, 0.15) is 44.8 Å². The molecule has 2 aliphatic rings. The Hall–Kier alpha value is -3.65. The Balaban J connectivity index is 1.27. The van der Waals surface area contributed by atoms with Crippen LogP contribution in [0.25, 0.3) is 10.9 Å². The number of nitrogens with zero attached hydrogens (tertiary/aromatic N) is 1. The summed E-state index contributed by atoms with van der Waals surface area (Å²) in [7, 11) is 0. The van der Waals surface area contributed by atoms with Crippen LogP contribution in [0.4, 0.5) is 0 Å². The van der Waals surface area contributed by atoms with E-state index in [1.54, 1.807) is 30.3 Å². The molecule has 0 aliphatic carbocycles. The van der Waals surface area contributed by atoms with Crippen LogP contribution in [-0.4, -0.2) is 39.6 Å². The van der Waals surface area contributed by atoms with Crippen LogP contribution in [0.5, 0.6) is 0 Å². The number of amides is 4. The van der Waals surface area contributed by atoms with Gasteiger partial charge in [0.25, 0.3) is 11.8 Å². The molecule has 1 atom stereocenters. The van der Waals surface area contributed by atoms with E-state index in [1.165, 1.54) is 4.90 Å². The molecule has 5 rings (SSSR count). The van der Waals surface area contributed by atoms with Crippen molar-refractivity contribution in [3.05, 3.63) is 69.9 Å². The molecule has 2 aromatic carbocycles. The first-order valence-electron chi connectivity index (χ1n) is 10.2. The Kier molecular flexibility index (Phi) is 4.94. The molecule has 1 aromatic heterocycles. The van der Waals surface area contributed by atoms with Crippen LogP contribution in [0.15, 0.2) is 42.5 Å². The highest BCUT2D eigenvalue weighted by atomic mass is 35.5. The third-order valence-corrected chi connectivity index (χ3v) is 6.11. The topological polar surface area (TPSA) is 111 Å². The zero-order valence-electron chi connectivity index (χ0n) is 16.9. The van der Waals surface area contributed by atoms with Crippen LogP contribution in [-0.2, 0) is 22.7 Å². The fourth-order valence-electron chi connectivity index (χ4n) is 4.24. The number of aromatic amines is 1. The van der Waals surface area contributed by atoms with E-state index in [0.717, 1.165) is 22.0 Å². The highest BCUT2D eigenvalue weighted by molar-refractivity contribution is 6.31. The van der Waals surface area contributed by atoms with E-state index < -0.39 is 11.9 Å². The molecule has 162 valence electrons. The Labute approximate surface area is 187 Å². The summed E-state index contributed by atoms with van der Waals surface area (Å²) in [5.41, 5.74) is 3.40. The number of imide groups is 1. The second-order valence-electron chi connectivity index (χ2n) is 7.99. The third-order valence-electron chi connectivity index (χ3n) is 5.87. The number of halogens is 1. The lowest BCUT2D eigenvalue weighted by Gasteiger charge is -2.29. The van der Waals surface area contributed by atoms with Gasteiger partial charge in [-0.3, -0.25) is 24.5 Å². The number of rotatable bonds is 4. The van der Waals surface area contributed by atoms with Gasteiger partial charge in [0.1, 0.15) is 11.7 Å². The van der Waals surface area contributed by atoms with E-state index in [0.29, 0.717) is 29.2 Å². The maximum Gasteiger partial charge on any atom is 0.267 e. The Morgan fingerprint density at radius 2 is 1.97 bits per heavy atom. The average Bonchev–Trinajstić information content (AvgIpc) is 3.33. The molecule has 9 heteroatoms. The van der Waals surface area contributed by atoms with Gasteiger partial charge in [0, 0.05) is 41.0 Å². The maximum absolute atomic E-state index is 12.8. The Morgan fingerprint density at radius 1 is 1.12 bits per heavy atom. The molecule has 0 spiro atoms. The summed E-state index contributed by atoms with van der Waals surface area (Å²) in [5, 5.41) is 6.65. The van der Waals surface area contributed by atoms with Gasteiger partial charge in [0.2, 0.25) is 11.8 Å². The largest absolute Gasteiger partial charge is 0.350 e. The average molecular weight is 451 g/mol. The van der Waals surface area contributed by atoms with Gasteiger partial charge in [-0.25, -0.2) is 0 Å². The van der Waals surface area contributed by atoms with E-state index in [-0.39, 0.29) is 30.7 Å². The second kappa shape index (κ2) is 7.80. The maximum atomic E-state index is 12.8. The lowest BCUT2D eigenvalue weighted by Crippen LogP contribution is -2.52. The van der Waals surface area contributed by atoms with Crippen LogP contribution in [0.3, 0.4) is 0 Å². The minimum Gasteiger partial charge on any atom is -0.350 e.